The molecule has 2 nitrogen and oxygen atoms in total. The second kappa shape index (κ2) is 5.56. The molecule has 0 saturated heterocycles. The highest BCUT2D eigenvalue weighted by Crippen LogP contribution is 2.21. The van der Waals surface area contributed by atoms with Gasteiger partial charge in [-0.3, -0.25) is 0 Å². The number of carbonyl (C=O) groups is 1. The number of carbonyl (C=O) groups excluding carboxylic acids is 1. The number of hydrogen-bond donors (Lipinski definition) is 0. The van der Waals surface area contributed by atoms with Gasteiger partial charge in [-0.15, -0.1) is 0 Å². The first kappa shape index (κ1) is 14.1. The second-order valence-electron chi connectivity index (χ2n) is 4.53. The van der Waals surface area contributed by atoms with E-state index < -0.39 is 11.6 Å². The number of hydrogen-bond acceptors (Lipinski definition) is 2. The van der Waals surface area contributed by atoms with E-state index in [9.17, 15) is 4.79 Å². The predicted octanol–water partition coefficient (Wildman–Crippen LogP) is 4.35. The summed E-state index contributed by atoms with van der Waals surface area (Å²) in [5, 5.41) is 1.10. The Balaban J connectivity index is 2.77. The molecular formula is C13H14Cl2O2. The summed E-state index contributed by atoms with van der Waals surface area (Å²) in [4.78, 5) is 11.4. The van der Waals surface area contributed by atoms with E-state index in [0.717, 1.165) is 0 Å². The van der Waals surface area contributed by atoms with Gasteiger partial charge in [0.25, 0.3) is 0 Å². The molecule has 0 unspecified atom stereocenters. The number of benzene rings is 1. The third kappa shape index (κ3) is 5.24. The maximum Gasteiger partial charge on any atom is 0.331 e. The Hall–Kier alpha value is -0.990. The van der Waals surface area contributed by atoms with Gasteiger partial charge in [0.05, 0.1) is 0 Å². The third-order valence-electron chi connectivity index (χ3n) is 1.76. The fourth-order valence-corrected chi connectivity index (χ4v) is 1.50. The van der Waals surface area contributed by atoms with Crippen LogP contribution < -0.4 is 0 Å². The summed E-state index contributed by atoms with van der Waals surface area (Å²) in [6.45, 7) is 5.43. The quantitative estimate of drug-likeness (QED) is 0.591. The normalized spacial score (nSPS) is 11.8. The molecule has 92 valence electrons. The Bertz CT molecular complexity index is 445. The Morgan fingerprint density at radius 1 is 1.29 bits per heavy atom. The molecule has 0 amide bonds. The molecule has 1 aromatic rings. The van der Waals surface area contributed by atoms with Crippen LogP contribution in [-0.2, 0) is 9.53 Å². The zero-order chi connectivity index (χ0) is 13.1. The van der Waals surface area contributed by atoms with Gasteiger partial charge in [-0.05, 0) is 50.6 Å². The highest BCUT2D eigenvalue weighted by atomic mass is 35.5. The number of rotatable bonds is 2. The summed E-state index contributed by atoms with van der Waals surface area (Å²) in [5.41, 5.74) is 0.185. The molecule has 0 fully saturated rings. The highest BCUT2D eigenvalue weighted by molar-refractivity contribution is 6.34. The summed E-state index contributed by atoms with van der Waals surface area (Å²) in [6, 6.07) is 5.05. The fraction of sp³-hybridized carbons (Fsp3) is 0.308. The lowest BCUT2D eigenvalue weighted by molar-refractivity contribution is -0.148. The van der Waals surface area contributed by atoms with Crippen molar-refractivity contribution in [1.82, 2.24) is 0 Å². The third-order valence-corrected chi connectivity index (χ3v) is 2.34. The molecule has 0 aliphatic rings. The van der Waals surface area contributed by atoms with Crippen LogP contribution in [0.3, 0.4) is 0 Å². The maximum absolute atomic E-state index is 11.4. The topological polar surface area (TPSA) is 26.3 Å². The van der Waals surface area contributed by atoms with Gasteiger partial charge < -0.3 is 4.74 Å². The Morgan fingerprint density at radius 3 is 2.53 bits per heavy atom. The molecule has 0 aliphatic carbocycles. The zero-order valence-corrected chi connectivity index (χ0v) is 11.5. The van der Waals surface area contributed by atoms with Crippen molar-refractivity contribution in [3.8, 4) is 0 Å². The predicted molar refractivity (Wildman–Crippen MR) is 71.3 cm³/mol. The van der Waals surface area contributed by atoms with E-state index >= 15 is 0 Å². The number of ether oxygens (including phenoxy) is 1. The zero-order valence-electron chi connectivity index (χ0n) is 9.96. The van der Waals surface area contributed by atoms with Gasteiger partial charge in [0.2, 0.25) is 0 Å². The lowest BCUT2D eigenvalue weighted by atomic mass is 10.2. The minimum atomic E-state index is -0.500. The van der Waals surface area contributed by atoms with Gasteiger partial charge in [0.1, 0.15) is 5.60 Å². The van der Waals surface area contributed by atoms with Gasteiger partial charge in [-0.2, -0.15) is 0 Å². The van der Waals surface area contributed by atoms with Gasteiger partial charge >= 0.3 is 5.97 Å². The molecule has 1 aromatic carbocycles. The van der Waals surface area contributed by atoms with Crippen LogP contribution in [0.25, 0.3) is 6.08 Å². The standard InChI is InChI=1S/C13H14Cl2O2/c1-13(2,3)17-12(16)7-4-9-8-10(14)5-6-11(9)15/h4-8H,1-3H3. The monoisotopic (exact) mass is 272 g/mol. The van der Waals surface area contributed by atoms with Gasteiger partial charge in [-0.25, -0.2) is 4.79 Å². The molecule has 0 aromatic heterocycles. The van der Waals surface area contributed by atoms with E-state index in [4.69, 9.17) is 27.9 Å². The van der Waals surface area contributed by atoms with Crippen molar-refractivity contribution in [2.45, 2.75) is 26.4 Å². The molecular weight excluding hydrogens is 259 g/mol. The van der Waals surface area contributed by atoms with Gasteiger partial charge in [-0.1, -0.05) is 23.2 Å². The molecule has 0 atom stereocenters. The molecule has 17 heavy (non-hydrogen) atoms. The van der Waals surface area contributed by atoms with Gasteiger partial charge in [0, 0.05) is 16.1 Å². The first-order chi connectivity index (χ1) is 7.78. The summed E-state index contributed by atoms with van der Waals surface area (Å²) in [5.74, 6) is -0.409. The summed E-state index contributed by atoms with van der Waals surface area (Å²) in [6.07, 6.45) is 2.92. The van der Waals surface area contributed by atoms with Crippen LogP contribution in [0.2, 0.25) is 10.0 Å². The maximum atomic E-state index is 11.4. The summed E-state index contributed by atoms with van der Waals surface area (Å²) >= 11 is 11.8. The van der Waals surface area contributed by atoms with Crippen LogP contribution in [0.4, 0.5) is 0 Å². The average Bonchev–Trinajstić information content (AvgIpc) is 2.17. The molecule has 0 saturated carbocycles. The molecule has 4 heteroatoms. The van der Waals surface area contributed by atoms with E-state index in [1.165, 1.54) is 6.08 Å². The van der Waals surface area contributed by atoms with Crippen molar-refractivity contribution in [2.75, 3.05) is 0 Å². The van der Waals surface area contributed by atoms with E-state index in [-0.39, 0.29) is 0 Å². The fourth-order valence-electron chi connectivity index (χ4n) is 1.14. The summed E-state index contributed by atoms with van der Waals surface area (Å²) in [7, 11) is 0. The molecule has 0 bridgehead atoms. The Labute approximate surface area is 111 Å². The second-order valence-corrected chi connectivity index (χ2v) is 5.38. The molecule has 0 spiro atoms. The largest absolute Gasteiger partial charge is 0.457 e. The van der Waals surface area contributed by atoms with Crippen molar-refractivity contribution in [2.24, 2.45) is 0 Å². The van der Waals surface area contributed by atoms with E-state index in [1.807, 2.05) is 20.8 Å². The van der Waals surface area contributed by atoms with Crippen LogP contribution in [0.1, 0.15) is 26.3 Å². The van der Waals surface area contributed by atoms with Crippen LogP contribution >= 0.6 is 23.2 Å². The minimum absolute atomic E-state index is 0.409. The Morgan fingerprint density at radius 2 is 1.94 bits per heavy atom. The van der Waals surface area contributed by atoms with Crippen LogP contribution in [0, 0.1) is 0 Å². The van der Waals surface area contributed by atoms with Crippen molar-refractivity contribution in [3.63, 3.8) is 0 Å². The molecule has 0 aliphatic heterocycles. The minimum Gasteiger partial charge on any atom is -0.457 e. The SMILES string of the molecule is CC(C)(C)OC(=O)C=Cc1cc(Cl)ccc1Cl. The van der Waals surface area contributed by atoms with Crippen molar-refractivity contribution >= 4 is 35.2 Å². The van der Waals surface area contributed by atoms with Crippen LogP contribution in [0.15, 0.2) is 24.3 Å². The van der Waals surface area contributed by atoms with Crippen LogP contribution in [0.5, 0.6) is 0 Å². The first-order valence-electron chi connectivity index (χ1n) is 5.14. The summed E-state index contributed by atoms with van der Waals surface area (Å²) < 4.78 is 5.13. The van der Waals surface area contributed by atoms with Crippen molar-refractivity contribution < 1.29 is 9.53 Å². The lowest BCUT2D eigenvalue weighted by Gasteiger charge is -2.17. The van der Waals surface area contributed by atoms with Crippen molar-refractivity contribution in [3.05, 3.63) is 39.9 Å². The lowest BCUT2D eigenvalue weighted by Crippen LogP contribution is -2.22. The van der Waals surface area contributed by atoms with E-state index in [0.29, 0.717) is 15.6 Å². The van der Waals surface area contributed by atoms with E-state index in [1.54, 1.807) is 24.3 Å². The number of halogens is 2. The average molecular weight is 273 g/mol. The number of esters is 1. The molecule has 1 rings (SSSR count). The Kier molecular flexibility index (Phi) is 4.61. The van der Waals surface area contributed by atoms with Gasteiger partial charge in [0.15, 0.2) is 0 Å². The first-order valence-corrected chi connectivity index (χ1v) is 5.89. The van der Waals surface area contributed by atoms with E-state index in [2.05, 4.69) is 0 Å². The molecule has 0 heterocycles. The highest BCUT2D eigenvalue weighted by Gasteiger charge is 2.13. The molecule has 0 N–H and O–H groups in total. The smallest absolute Gasteiger partial charge is 0.331 e. The van der Waals surface area contributed by atoms with Crippen LogP contribution in [-0.4, -0.2) is 11.6 Å². The molecule has 0 radical (unpaired) electrons. The van der Waals surface area contributed by atoms with Crippen molar-refractivity contribution in [1.29, 1.82) is 0 Å².